The van der Waals surface area contributed by atoms with E-state index in [2.05, 4.69) is 33.2 Å². The Kier molecular flexibility index (Phi) is 4.26. The monoisotopic (exact) mass is 298 g/mol. The number of rotatable bonds is 2. The van der Waals surface area contributed by atoms with Crippen LogP contribution in [-0.4, -0.2) is 16.9 Å². The van der Waals surface area contributed by atoms with E-state index < -0.39 is 0 Å². The third-order valence-corrected chi connectivity index (χ3v) is 3.94. The van der Waals surface area contributed by atoms with Crippen LogP contribution in [0.25, 0.3) is 0 Å². The quantitative estimate of drug-likeness (QED) is 0.807. The molecular formula is C13H19BrN2O. The Labute approximate surface area is 110 Å². The molecular weight excluding hydrogens is 280 g/mol. The van der Waals surface area contributed by atoms with Crippen LogP contribution in [0.15, 0.2) is 16.7 Å². The van der Waals surface area contributed by atoms with Crippen molar-refractivity contribution in [1.82, 2.24) is 10.3 Å². The zero-order valence-corrected chi connectivity index (χ0v) is 11.7. The smallest absolute Gasteiger partial charge is 0.267 e. The van der Waals surface area contributed by atoms with Gasteiger partial charge in [0.25, 0.3) is 5.91 Å². The highest BCUT2D eigenvalue weighted by Gasteiger charge is 2.18. The first-order chi connectivity index (χ1) is 8.15. The fourth-order valence-corrected chi connectivity index (χ4v) is 2.74. The number of hydrogen-bond donors (Lipinski definition) is 2. The van der Waals surface area contributed by atoms with Crippen molar-refractivity contribution in [3.05, 3.63) is 22.4 Å². The molecule has 0 bridgehead atoms. The molecule has 2 atom stereocenters. The predicted octanol–water partition coefficient (Wildman–Crippen LogP) is 3.48. The Morgan fingerprint density at radius 1 is 1.41 bits per heavy atom. The van der Waals surface area contributed by atoms with E-state index in [0.717, 1.165) is 23.2 Å². The molecule has 1 aliphatic rings. The van der Waals surface area contributed by atoms with Crippen LogP contribution in [0.4, 0.5) is 0 Å². The van der Waals surface area contributed by atoms with Crippen LogP contribution < -0.4 is 5.32 Å². The molecule has 1 aromatic heterocycles. The van der Waals surface area contributed by atoms with E-state index in [-0.39, 0.29) is 5.91 Å². The first kappa shape index (κ1) is 12.7. The molecule has 1 heterocycles. The zero-order valence-electron chi connectivity index (χ0n) is 10.1. The molecule has 2 rings (SSSR count). The zero-order chi connectivity index (χ0) is 12.3. The van der Waals surface area contributed by atoms with E-state index in [4.69, 9.17) is 0 Å². The summed E-state index contributed by atoms with van der Waals surface area (Å²) in [6, 6.07) is 2.16. The molecule has 0 radical (unpaired) electrons. The fraction of sp³-hybridized carbons (Fsp3) is 0.615. The van der Waals surface area contributed by atoms with Crippen LogP contribution in [0.1, 0.15) is 49.5 Å². The molecule has 4 heteroatoms. The highest BCUT2D eigenvalue weighted by atomic mass is 79.9. The lowest BCUT2D eigenvalue weighted by molar-refractivity contribution is 0.0928. The minimum Gasteiger partial charge on any atom is -0.356 e. The summed E-state index contributed by atoms with van der Waals surface area (Å²) in [7, 11) is 0. The van der Waals surface area contributed by atoms with E-state index in [9.17, 15) is 4.79 Å². The van der Waals surface area contributed by atoms with E-state index in [0.29, 0.717) is 11.7 Å². The van der Waals surface area contributed by atoms with Gasteiger partial charge in [0.2, 0.25) is 0 Å². The topological polar surface area (TPSA) is 44.9 Å². The van der Waals surface area contributed by atoms with E-state index in [1.165, 1.54) is 19.3 Å². The van der Waals surface area contributed by atoms with Crippen molar-refractivity contribution in [2.45, 2.75) is 45.1 Å². The largest absolute Gasteiger partial charge is 0.356 e. The number of aromatic amines is 1. The Morgan fingerprint density at radius 2 is 2.24 bits per heavy atom. The maximum atomic E-state index is 12.0. The Bertz CT molecular complexity index is 389. The molecule has 0 saturated heterocycles. The third kappa shape index (κ3) is 3.60. The van der Waals surface area contributed by atoms with E-state index >= 15 is 0 Å². The molecule has 1 fully saturated rings. The molecule has 94 valence electrons. The molecule has 17 heavy (non-hydrogen) atoms. The lowest BCUT2D eigenvalue weighted by atomic mass is 10.0. The van der Waals surface area contributed by atoms with Crippen molar-refractivity contribution in [3.8, 4) is 0 Å². The van der Waals surface area contributed by atoms with Gasteiger partial charge in [-0.05, 0) is 47.2 Å². The summed E-state index contributed by atoms with van der Waals surface area (Å²) < 4.78 is 0.914. The van der Waals surface area contributed by atoms with Crippen molar-refractivity contribution >= 4 is 21.8 Å². The van der Waals surface area contributed by atoms with Gasteiger partial charge in [0, 0.05) is 16.7 Å². The number of hydrogen-bond acceptors (Lipinski definition) is 1. The average molecular weight is 299 g/mol. The minimum absolute atomic E-state index is 0.00949. The van der Waals surface area contributed by atoms with Crippen molar-refractivity contribution in [2.24, 2.45) is 5.92 Å². The van der Waals surface area contributed by atoms with Crippen molar-refractivity contribution in [3.63, 3.8) is 0 Å². The van der Waals surface area contributed by atoms with Gasteiger partial charge < -0.3 is 10.3 Å². The van der Waals surface area contributed by atoms with Gasteiger partial charge >= 0.3 is 0 Å². The van der Waals surface area contributed by atoms with Crippen LogP contribution in [0, 0.1) is 5.92 Å². The van der Waals surface area contributed by atoms with Gasteiger partial charge in [-0.1, -0.05) is 19.8 Å². The molecule has 0 aromatic carbocycles. The normalized spacial score (nSPS) is 25.3. The Hall–Kier alpha value is -0.770. The molecule has 0 aliphatic heterocycles. The van der Waals surface area contributed by atoms with Crippen molar-refractivity contribution in [2.75, 3.05) is 0 Å². The first-order valence-corrected chi connectivity index (χ1v) is 7.09. The second-order valence-electron chi connectivity index (χ2n) is 5.02. The van der Waals surface area contributed by atoms with E-state index in [1.54, 1.807) is 6.20 Å². The highest BCUT2D eigenvalue weighted by Crippen LogP contribution is 2.22. The second-order valence-corrected chi connectivity index (χ2v) is 5.93. The SMILES string of the molecule is CC1CCCC(NC(=O)c2cc(Br)c[nH]2)CC1. The summed E-state index contributed by atoms with van der Waals surface area (Å²) in [5, 5.41) is 3.12. The fourth-order valence-electron chi connectivity index (χ4n) is 2.39. The summed E-state index contributed by atoms with van der Waals surface area (Å²) in [5.41, 5.74) is 0.633. The molecule has 2 N–H and O–H groups in total. The molecule has 2 unspecified atom stereocenters. The lowest BCUT2D eigenvalue weighted by Crippen LogP contribution is -2.34. The summed E-state index contributed by atoms with van der Waals surface area (Å²) in [5.74, 6) is 0.812. The maximum absolute atomic E-state index is 12.0. The summed E-state index contributed by atoms with van der Waals surface area (Å²) in [6.07, 6.45) is 7.73. The van der Waals surface area contributed by atoms with E-state index in [1.807, 2.05) is 6.07 Å². The maximum Gasteiger partial charge on any atom is 0.267 e. The van der Waals surface area contributed by atoms with Crippen molar-refractivity contribution in [1.29, 1.82) is 0 Å². The number of carbonyl (C=O) groups is 1. The van der Waals surface area contributed by atoms with Gasteiger partial charge in [0.15, 0.2) is 0 Å². The molecule has 0 spiro atoms. The first-order valence-electron chi connectivity index (χ1n) is 6.30. The molecule has 1 amide bonds. The van der Waals surface area contributed by atoms with Gasteiger partial charge in [0.05, 0.1) is 0 Å². The number of amides is 1. The Balaban J connectivity index is 1.90. The van der Waals surface area contributed by atoms with Crippen LogP contribution in [0.5, 0.6) is 0 Å². The molecule has 1 aliphatic carbocycles. The van der Waals surface area contributed by atoms with Crippen LogP contribution in [0.3, 0.4) is 0 Å². The Morgan fingerprint density at radius 3 is 2.94 bits per heavy atom. The average Bonchev–Trinajstić information content (AvgIpc) is 2.62. The highest BCUT2D eigenvalue weighted by molar-refractivity contribution is 9.10. The number of aromatic nitrogens is 1. The summed E-state index contributed by atoms with van der Waals surface area (Å²) in [6.45, 7) is 2.30. The van der Waals surface area contributed by atoms with Gasteiger partial charge in [-0.15, -0.1) is 0 Å². The number of carbonyl (C=O) groups excluding carboxylic acids is 1. The standard InChI is InChI=1S/C13H19BrN2O/c1-9-3-2-4-11(6-5-9)16-13(17)12-7-10(14)8-15-12/h7-9,11,15H,2-6H2,1H3,(H,16,17). The number of halogens is 1. The third-order valence-electron chi connectivity index (χ3n) is 3.49. The second kappa shape index (κ2) is 5.71. The minimum atomic E-state index is 0.00949. The van der Waals surface area contributed by atoms with Gasteiger partial charge in [-0.2, -0.15) is 0 Å². The predicted molar refractivity (Wildman–Crippen MR) is 72.0 cm³/mol. The van der Waals surface area contributed by atoms with Crippen LogP contribution in [-0.2, 0) is 0 Å². The number of H-pyrrole nitrogens is 1. The number of nitrogens with one attached hydrogen (secondary N) is 2. The van der Waals surface area contributed by atoms with Crippen LogP contribution >= 0.6 is 15.9 Å². The van der Waals surface area contributed by atoms with Gasteiger partial charge in [0.1, 0.15) is 5.69 Å². The van der Waals surface area contributed by atoms with Crippen LogP contribution in [0.2, 0.25) is 0 Å². The lowest BCUT2D eigenvalue weighted by Gasteiger charge is -2.15. The van der Waals surface area contributed by atoms with Gasteiger partial charge in [-0.3, -0.25) is 4.79 Å². The summed E-state index contributed by atoms with van der Waals surface area (Å²) in [4.78, 5) is 14.9. The molecule has 1 aromatic rings. The molecule has 3 nitrogen and oxygen atoms in total. The molecule has 1 saturated carbocycles. The van der Waals surface area contributed by atoms with Crippen molar-refractivity contribution < 1.29 is 4.79 Å². The van der Waals surface area contributed by atoms with Gasteiger partial charge in [-0.25, -0.2) is 0 Å². The summed E-state index contributed by atoms with van der Waals surface area (Å²) >= 11 is 3.33.